The summed E-state index contributed by atoms with van der Waals surface area (Å²) in [6, 6.07) is 15.8. The topological polar surface area (TPSA) is 59.6 Å². The number of rotatable bonds is 7. The number of nitrogens with one attached hydrogen (secondary N) is 2. The third-order valence-corrected chi connectivity index (χ3v) is 4.57. The molecule has 1 aliphatic rings. The predicted molar refractivity (Wildman–Crippen MR) is 103 cm³/mol. The number of alkyl carbamates (subject to hydrolysis) is 1. The van der Waals surface area contributed by atoms with Gasteiger partial charge in [-0.15, -0.1) is 0 Å². The quantitative estimate of drug-likeness (QED) is 0.743. The van der Waals surface area contributed by atoms with Crippen LogP contribution < -0.4 is 15.4 Å². The van der Waals surface area contributed by atoms with Crippen molar-refractivity contribution in [2.45, 2.75) is 38.5 Å². The van der Waals surface area contributed by atoms with Crippen LogP contribution in [0.1, 0.15) is 25.3 Å². The second kappa shape index (κ2) is 8.81. The zero-order chi connectivity index (χ0) is 18.4. The minimum absolute atomic E-state index is 0.133. The summed E-state index contributed by atoms with van der Waals surface area (Å²) in [5.41, 5.74) is 1.93. The molecule has 1 aliphatic carbocycles. The van der Waals surface area contributed by atoms with Crippen molar-refractivity contribution < 1.29 is 14.3 Å². The lowest BCUT2D eigenvalue weighted by Crippen LogP contribution is -2.49. The molecule has 0 spiro atoms. The molecule has 0 saturated heterocycles. The lowest BCUT2D eigenvalue weighted by Gasteiger charge is -2.36. The molecular formula is C20H23ClN2O3. The number of benzene rings is 2. The van der Waals surface area contributed by atoms with Crippen LogP contribution in [0.4, 0.5) is 10.5 Å². The van der Waals surface area contributed by atoms with Crippen LogP contribution in [0.5, 0.6) is 5.75 Å². The average Bonchev–Trinajstić information content (AvgIpc) is 2.61. The van der Waals surface area contributed by atoms with Gasteiger partial charge >= 0.3 is 6.09 Å². The molecule has 6 heteroatoms. The standard InChI is InChI=1S/C20H23ClN2O3/c1-2-25-19-9-8-15(12-18(19)21)22-16-10-17(11-16)23-20(24)26-13-14-6-4-3-5-7-14/h3-9,12,16-17,22H,2,10-11,13H2,1H3,(H,23,24). The summed E-state index contributed by atoms with van der Waals surface area (Å²) in [7, 11) is 0. The van der Waals surface area contributed by atoms with E-state index in [1.807, 2.05) is 55.5 Å². The number of carbonyl (C=O) groups excluding carboxylic acids is 1. The smallest absolute Gasteiger partial charge is 0.407 e. The Morgan fingerprint density at radius 1 is 1.15 bits per heavy atom. The highest BCUT2D eigenvalue weighted by Crippen LogP contribution is 2.30. The first-order valence-corrected chi connectivity index (χ1v) is 9.18. The van der Waals surface area contributed by atoms with Crippen LogP contribution in [0.25, 0.3) is 0 Å². The SMILES string of the molecule is CCOc1ccc(NC2CC(NC(=O)OCc3ccccc3)C2)cc1Cl. The molecule has 0 heterocycles. The Bertz CT molecular complexity index is 733. The third-order valence-electron chi connectivity index (χ3n) is 4.28. The number of halogens is 1. The van der Waals surface area contributed by atoms with Crippen molar-refractivity contribution >= 4 is 23.4 Å². The Hall–Kier alpha value is -2.40. The molecule has 1 fully saturated rings. The molecule has 138 valence electrons. The van der Waals surface area contributed by atoms with Crippen molar-refractivity contribution in [3.05, 3.63) is 59.1 Å². The number of amides is 1. The van der Waals surface area contributed by atoms with Gasteiger partial charge in [-0.1, -0.05) is 41.9 Å². The van der Waals surface area contributed by atoms with Gasteiger partial charge in [-0.25, -0.2) is 4.79 Å². The van der Waals surface area contributed by atoms with Crippen molar-refractivity contribution in [2.75, 3.05) is 11.9 Å². The number of carbonyl (C=O) groups is 1. The lowest BCUT2D eigenvalue weighted by molar-refractivity contribution is 0.129. The van der Waals surface area contributed by atoms with Gasteiger partial charge in [-0.05, 0) is 43.5 Å². The molecule has 2 aromatic rings. The molecule has 0 atom stereocenters. The minimum atomic E-state index is -0.374. The molecule has 3 rings (SSSR count). The van der Waals surface area contributed by atoms with Gasteiger partial charge in [0.05, 0.1) is 11.6 Å². The van der Waals surface area contributed by atoms with E-state index < -0.39 is 0 Å². The van der Waals surface area contributed by atoms with E-state index >= 15 is 0 Å². The van der Waals surface area contributed by atoms with E-state index in [0.717, 1.165) is 24.1 Å². The van der Waals surface area contributed by atoms with Gasteiger partial charge in [0.1, 0.15) is 12.4 Å². The number of hydrogen-bond donors (Lipinski definition) is 2. The Morgan fingerprint density at radius 2 is 1.92 bits per heavy atom. The van der Waals surface area contributed by atoms with Crippen molar-refractivity contribution in [3.8, 4) is 5.75 Å². The second-order valence-corrected chi connectivity index (χ2v) is 6.70. The highest BCUT2D eigenvalue weighted by molar-refractivity contribution is 6.32. The summed E-state index contributed by atoms with van der Waals surface area (Å²) in [6.07, 6.45) is 1.33. The Labute approximate surface area is 158 Å². The highest BCUT2D eigenvalue weighted by Gasteiger charge is 2.30. The Morgan fingerprint density at radius 3 is 2.62 bits per heavy atom. The molecular weight excluding hydrogens is 352 g/mol. The predicted octanol–water partition coefficient (Wildman–Crippen LogP) is 4.61. The van der Waals surface area contributed by atoms with Gasteiger partial charge in [-0.2, -0.15) is 0 Å². The third kappa shape index (κ3) is 5.05. The van der Waals surface area contributed by atoms with Crippen LogP contribution in [-0.2, 0) is 11.3 Å². The number of ether oxygens (including phenoxy) is 2. The Kier molecular flexibility index (Phi) is 6.23. The van der Waals surface area contributed by atoms with Crippen molar-refractivity contribution in [2.24, 2.45) is 0 Å². The van der Waals surface area contributed by atoms with Crippen molar-refractivity contribution in [3.63, 3.8) is 0 Å². The lowest BCUT2D eigenvalue weighted by atomic mass is 9.86. The highest BCUT2D eigenvalue weighted by atomic mass is 35.5. The average molecular weight is 375 g/mol. The zero-order valence-corrected chi connectivity index (χ0v) is 15.5. The number of anilines is 1. The van der Waals surface area contributed by atoms with Gasteiger partial charge in [-0.3, -0.25) is 0 Å². The summed E-state index contributed by atoms with van der Waals surface area (Å²) in [5.74, 6) is 0.689. The maximum Gasteiger partial charge on any atom is 0.407 e. The van der Waals surface area contributed by atoms with Gasteiger partial charge in [0.15, 0.2) is 0 Å². The van der Waals surface area contributed by atoms with E-state index in [4.69, 9.17) is 21.1 Å². The van der Waals surface area contributed by atoms with Crippen LogP contribution in [0, 0.1) is 0 Å². The summed E-state index contributed by atoms with van der Waals surface area (Å²) >= 11 is 6.20. The summed E-state index contributed by atoms with van der Waals surface area (Å²) < 4.78 is 10.7. The fourth-order valence-corrected chi connectivity index (χ4v) is 3.12. The summed E-state index contributed by atoms with van der Waals surface area (Å²) in [4.78, 5) is 11.8. The second-order valence-electron chi connectivity index (χ2n) is 6.29. The van der Waals surface area contributed by atoms with Gasteiger partial charge in [0.2, 0.25) is 0 Å². The first-order chi connectivity index (χ1) is 12.6. The van der Waals surface area contributed by atoms with E-state index in [0.29, 0.717) is 23.4 Å². The first-order valence-electron chi connectivity index (χ1n) is 8.80. The van der Waals surface area contributed by atoms with Crippen molar-refractivity contribution in [1.29, 1.82) is 0 Å². The molecule has 1 amide bonds. The van der Waals surface area contributed by atoms with Gasteiger partial charge in [0, 0.05) is 17.8 Å². The van der Waals surface area contributed by atoms with Crippen LogP contribution in [0.2, 0.25) is 5.02 Å². The minimum Gasteiger partial charge on any atom is -0.492 e. The van der Waals surface area contributed by atoms with Crippen LogP contribution in [-0.4, -0.2) is 24.8 Å². The molecule has 1 saturated carbocycles. The Balaban J connectivity index is 1.37. The zero-order valence-electron chi connectivity index (χ0n) is 14.7. The van der Waals surface area contributed by atoms with Gasteiger partial charge in [0.25, 0.3) is 0 Å². The summed E-state index contributed by atoms with van der Waals surface area (Å²) in [5, 5.41) is 6.90. The van der Waals surface area contributed by atoms with E-state index in [1.165, 1.54) is 0 Å². The normalized spacial score (nSPS) is 18.5. The van der Waals surface area contributed by atoms with E-state index in [-0.39, 0.29) is 18.7 Å². The fourth-order valence-electron chi connectivity index (χ4n) is 2.88. The van der Waals surface area contributed by atoms with Crippen molar-refractivity contribution in [1.82, 2.24) is 5.32 Å². The van der Waals surface area contributed by atoms with Crippen LogP contribution in [0.15, 0.2) is 48.5 Å². The monoisotopic (exact) mass is 374 g/mol. The molecule has 0 bridgehead atoms. The first kappa shape index (κ1) is 18.4. The molecule has 0 radical (unpaired) electrons. The largest absolute Gasteiger partial charge is 0.492 e. The molecule has 5 nitrogen and oxygen atoms in total. The van der Waals surface area contributed by atoms with Crippen LogP contribution >= 0.6 is 11.6 Å². The molecule has 2 aromatic carbocycles. The van der Waals surface area contributed by atoms with Crippen LogP contribution in [0.3, 0.4) is 0 Å². The molecule has 2 N–H and O–H groups in total. The summed E-state index contributed by atoms with van der Waals surface area (Å²) in [6.45, 7) is 2.80. The van der Waals surface area contributed by atoms with Gasteiger partial charge < -0.3 is 20.1 Å². The number of hydrogen-bond acceptors (Lipinski definition) is 4. The fraction of sp³-hybridized carbons (Fsp3) is 0.350. The van der Waals surface area contributed by atoms with E-state index in [9.17, 15) is 4.79 Å². The molecule has 0 aliphatic heterocycles. The molecule has 26 heavy (non-hydrogen) atoms. The van der Waals surface area contributed by atoms with E-state index in [2.05, 4.69) is 10.6 Å². The maximum atomic E-state index is 11.8. The molecule has 0 unspecified atom stereocenters. The maximum absolute atomic E-state index is 11.8. The van der Waals surface area contributed by atoms with E-state index in [1.54, 1.807) is 0 Å². The molecule has 0 aromatic heterocycles.